The number of unbranched alkanes of at least 4 members (excludes halogenated alkanes) is 10. The van der Waals surface area contributed by atoms with Gasteiger partial charge in [0.15, 0.2) is 0 Å². The van der Waals surface area contributed by atoms with Crippen LogP contribution in [0.15, 0.2) is 12.2 Å². The lowest BCUT2D eigenvalue weighted by Gasteiger charge is -2.13. The highest BCUT2D eigenvalue weighted by Gasteiger charge is 2.07. The first-order valence-electron chi connectivity index (χ1n) is 10.1. The molecule has 0 aromatic rings. The zero-order valence-corrected chi connectivity index (χ0v) is 16.4. The van der Waals surface area contributed by atoms with Crippen LogP contribution in [-0.2, 0) is 14.3 Å². The van der Waals surface area contributed by atoms with Crippen LogP contribution in [0.3, 0.4) is 0 Å². The first-order chi connectivity index (χ1) is 11.7. The molecule has 0 saturated heterocycles. The minimum atomic E-state index is -0.247. The van der Waals surface area contributed by atoms with Gasteiger partial charge >= 0.3 is 5.97 Å². The molecule has 0 heterocycles. The second-order valence-corrected chi connectivity index (χ2v) is 6.62. The Labute approximate surface area is 150 Å². The molecule has 0 aliphatic heterocycles. The maximum atomic E-state index is 11.1. The summed E-state index contributed by atoms with van der Waals surface area (Å²) < 4.78 is 10.7. The van der Waals surface area contributed by atoms with E-state index in [2.05, 4.69) is 19.9 Å². The number of esters is 1. The number of allylic oxidation sites excluding steroid dienone is 1. The molecule has 0 spiro atoms. The highest BCUT2D eigenvalue weighted by atomic mass is 16.6. The zero-order chi connectivity index (χ0) is 17.9. The lowest BCUT2D eigenvalue weighted by Crippen LogP contribution is -2.20. The van der Waals surface area contributed by atoms with Crippen LogP contribution in [0.25, 0.3) is 0 Å². The molecule has 3 nitrogen and oxygen atoms in total. The fourth-order valence-corrected chi connectivity index (χ4v) is 2.68. The molecule has 0 rings (SSSR count). The summed E-state index contributed by atoms with van der Waals surface area (Å²) in [7, 11) is 0. The van der Waals surface area contributed by atoms with Gasteiger partial charge < -0.3 is 9.47 Å². The molecular weight excluding hydrogens is 300 g/mol. The molecule has 0 aliphatic carbocycles. The normalized spacial score (nSPS) is 12.6. The average molecular weight is 341 g/mol. The molecule has 0 saturated carbocycles. The first kappa shape index (κ1) is 23.2. The fourth-order valence-electron chi connectivity index (χ4n) is 2.68. The number of ether oxygens (including phenoxy) is 2. The summed E-state index contributed by atoms with van der Waals surface area (Å²) in [4.78, 5) is 11.1. The van der Waals surface area contributed by atoms with Crippen LogP contribution in [0, 0.1) is 0 Å². The largest absolute Gasteiger partial charge is 0.456 e. The molecule has 0 N–H and O–H groups in total. The highest BCUT2D eigenvalue weighted by molar-refractivity contribution is 5.66. The number of rotatable bonds is 17. The second-order valence-electron chi connectivity index (χ2n) is 6.62. The Morgan fingerprint density at radius 2 is 1.46 bits per heavy atom. The van der Waals surface area contributed by atoms with Crippen LogP contribution >= 0.6 is 0 Å². The molecule has 0 aromatic carbocycles. The third kappa shape index (κ3) is 17.5. The van der Waals surface area contributed by atoms with Crippen molar-refractivity contribution in [3.63, 3.8) is 0 Å². The van der Waals surface area contributed by atoms with Crippen LogP contribution < -0.4 is 0 Å². The molecule has 0 fully saturated rings. The third-order valence-electron chi connectivity index (χ3n) is 4.02. The van der Waals surface area contributed by atoms with E-state index in [0.29, 0.717) is 13.2 Å². The van der Waals surface area contributed by atoms with Crippen molar-refractivity contribution in [3.05, 3.63) is 12.2 Å². The van der Waals surface area contributed by atoms with Gasteiger partial charge in [-0.25, -0.2) is 0 Å². The van der Waals surface area contributed by atoms with Gasteiger partial charge in [-0.15, -0.1) is 0 Å². The Morgan fingerprint density at radius 1 is 0.875 bits per heavy atom. The predicted molar refractivity (Wildman–Crippen MR) is 102 cm³/mol. The van der Waals surface area contributed by atoms with E-state index in [1.807, 2.05) is 6.08 Å². The maximum Gasteiger partial charge on any atom is 0.303 e. The van der Waals surface area contributed by atoms with Crippen LogP contribution in [0.4, 0.5) is 0 Å². The molecule has 0 aromatic heterocycles. The van der Waals surface area contributed by atoms with E-state index in [0.717, 1.165) is 12.8 Å². The van der Waals surface area contributed by atoms with Crippen molar-refractivity contribution in [2.75, 3.05) is 13.2 Å². The van der Waals surface area contributed by atoms with Crippen LogP contribution in [0.1, 0.15) is 97.8 Å². The van der Waals surface area contributed by atoms with Crippen molar-refractivity contribution in [1.29, 1.82) is 0 Å². The summed E-state index contributed by atoms with van der Waals surface area (Å²) in [5.74, 6) is -0.247. The monoisotopic (exact) mass is 340 g/mol. The van der Waals surface area contributed by atoms with Gasteiger partial charge in [0, 0.05) is 13.5 Å². The van der Waals surface area contributed by atoms with Crippen molar-refractivity contribution in [2.24, 2.45) is 0 Å². The van der Waals surface area contributed by atoms with Crippen molar-refractivity contribution in [2.45, 2.75) is 104 Å². The Morgan fingerprint density at radius 3 is 2.00 bits per heavy atom. The lowest BCUT2D eigenvalue weighted by molar-refractivity contribution is -0.146. The molecule has 0 amide bonds. The maximum absolute atomic E-state index is 11.1. The van der Waals surface area contributed by atoms with Crippen LogP contribution in [0.2, 0.25) is 0 Å². The molecule has 3 heteroatoms. The number of carbonyl (C=O) groups excluding carboxylic acids is 1. The van der Waals surface area contributed by atoms with Crippen molar-refractivity contribution >= 4 is 5.97 Å². The van der Waals surface area contributed by atoms with Gasteiger partial charge in [-0.1, -0.05) is 77.7 Å². The zero-order valence-electron chi connectivity index (χ0n) is 16.4. The molecule has 24 heavy (non-hydrogen) atoms. The van der Waals surface area contributed by atoms with E-state index >= 15 is 0 Å². The first-order valence-corrected chi connectivity index (χ1v) is 10.1. The third-order valence-corrected chi connectivity index (χ3v) is 4.02. The van der Waals surface area contributed by atoms with Gasteiger partial charge in [0.05, 0.1) is 6.61 Å². The smallest absolute Gasteiger partial charge is 0.303 e. The molecule has 142 valence electrons. The Bertz CT molecular complexity index is 299. The van der Waals surface area contributed by atoms with E-state index in [1.165, 1.54) is 71.1 Å². The molecular formula is C21H40O3. The van der Waals surface area contributed by atoms with Crippen molar-refractivity contribution in [1.82, 2.24) is 0 Å². The van der Waals surface area contributed by atoms with Gasteiger partial charge in [-0.3, -0.25) is 4.79 Å². The van der Waals surface area contributed by atoms with Crippen molar-refractivity contribution < 1.29 is 14.3 Å². The molecule has 0 radical (unpaired) electrons. The number of carbonyl (C=O) groups is 1. The van der Waals surface area contributed by atoms with Crippen LogP contribution in [0.5, 0.6) is 0 Å². The van der Waals surface area contributed by atoms with Gasteiger partial charge in [0.2, 0.25) is 0 Å². The van der Waals surface area contributed by atoms with E-state index < -0.39 is 0 Å². The molecule has 0 aliphatic rings. The molecule has 0 bridgehead atoms. The number of hydrogen-bond acceptors (Lipinski definition) is 3. The van der Waals surface area contributed by atoms with Crippen LogP contribution in [-0.4, -0.2) is 25.3 Å². The fraction of sp³-hybridized carbons (Fsp3) is 0.857. The van der Waals surface area contributed by atoms with Gasteiger partial charge in [0.1, 0.15) is 6.10 Å². The standard InChI is InChI=1S/C21H40O3/c1-4-6-7-8-9-10-11-12-13-14-15-16-17-21(24-20(3)22)19-23-18-5-2/h16-17,21H,4-15,18-19H2,1-3H3. The highest BCUT2D eigenvalue weighted by Crippen LogP contribution is 2.11. The second kappa shape index (κ2) is 18.5. The van der Waals surface area contributed by atoms with E-state index in [1.54, 1.807) is 0 Å². The quantitative estimate of drug-likeness (QED) is 0.179. The lowest BCUT2D eigenvalue weighted by atomic mass is 10.1. The average Bonchev–Trinajstić information content (AvgIpc) is 2.55. The SMILES string of the molecule is CCCCCCCCCCCCC=CC(COCCC)OC(C)=O. The summed E-state index contributed by atoms with van der Waals surface area (Å²) >= 11 is 0. The van der Waals surface area contributed by atoms with Crippen molar-refractivity contribution in [3.8, 4) is 0 Å². The minimum absolute atomic E-state index is 0.239. The van der Waals surface area contributed by atoms with E-state index in [9.17, 15) is 4.79 Å². The molecule has 1 unspecified atom stereocenters. The van der Waals surface area contributed by atoms with Gasteiger partial charge in [0.25, 0.3) is 0 Å². The Kier molecular flexibility index (Phi) is 17.9. The summed E-state index contributed by atoms with van der Waals surface area (Å²) in [5, 5.41) is 0. The van der Waals surface area contributed by atoms with Gasteiger partial charge in [-0.2, -0.15) is 0 Å². The summed E-state index contributed by atoms with van der Waals surface area (Å²) in [6.07, 6.45) is 19.5. The Balaban J connectivity index is 3.56. The summed E-state index contributed by atoms with van der Waals surface area (Å²) in [6, 6.07) is 0. The van der Waals surface area contributed by atoms with E-state index in [-0.39, 0.29) is 12.1 Å². The molecule has 1 atom stereocenters. The van der Waals surface area contributed by atoms with Gasteiger partial charge in [-0.05, 0) is 25.3 Å². The summed E-state index contributed by atoms with van der Waals surface area (Å²) in [5.41, 5.74) is 0. The minimum Gasteiger partial charge on any atom is -0.456 e. The topological polar surface area (TPSA) is 35.5 Å². The van der Waals surface area contributed by atoms with E-state index in [4.69, 9.17) is 9.47 Å². The number of hydrogen-bond donors (Lipinski definition) is 0. The predicted octanol–water partition coefficient (Wildman–Crippen LogP) is 6.21. The summed E-state index contributed by atoms with van der Waals surface area (Å²) in [6.45, 7) is 6.96. The Hall–Kier alpha value is -0.830.